The van der Waals surface area contributed by atoms with E-state index in [2.05, 4.69) is 53.2 Å². The third kappa shape index (κ3) is 6.39. The molecule has 0 aliphatic rings. The molecule has 0 aromatic carbocycles. The Kier molecular flexibility index (Phi) is 4.81. The van der Waals surface area contributed by atoms with E-state index in [0.717, 1.165) is 0 Å². The molecule has 0 saturated carbocycles. The number of rotatable bonds is 3. The molecule has 0 bridgehead atoms. The zero-order valence-electron chi connectivity index (χ0n) is 10.2. The summed E-state index contributed by atoms with van der Waals surface area (Å²) in [5.41, 5.74) is 0.598. The van der Waals surface area contributed by atoms with Crippen LogP contribution >= 0.6 is 11.9 Å². The molecule has 0 aromatic rings. The van der Waals surface area contributed by atoms with Gasteiger partial charge in [-0.1, -0.05) is 39.6 Å². The minimum Gasteiger partial charge on any atom is -0.259 e. The minimum absolute atomic E-state index is 0.212. The van der Waals surface area contributed by atoms with Crippen LogP contribution in [0, 0.1) is 5.41 Å². The van der Waals surface area contributed by atoms with Crippen molar-refractivity contribution in [2.24, 2.45) is 5.41 Å². The Bertz CT molecular complexity index is 141. The highest BCUT2D eigenvalue weighted by molar-refractivity contribution is 7.98. The van der Waals surface area contributed by atoms with Gasteiger partial charge in [0.05, 0.1) is 0 Å². The topological polar surface area (TPSA) is 12.0 Å². The first-order valence-electron chi connectivity index (χ1n) is 5.09. The van der Waals surface area contributed by atoms with Crippen molar-refractivity contribution in [1.29, 1.82) is 0 Å². The highest BCUT2D eigenvalue weighted by Crippen LogP contribution is 2.31. The average molecular weight is 203 g/mol. The zero-order chi connectivity index (χ0) is 10.7. The normalized spacial score (nSPS) is 15.9. The Morgan fingerprint density at radius 3 is 1.77 bits per heavy atom. The summed E-state index contributed by atoms with van der Waals surface area (Å²) < 4.78 is 3.50. The van der Waals surface area contributed by atoms with Crippen molar-refractivity contribution in [3.8, 4) is 0 Å². The lowest BCUT2D eigenvalue weighted by Gasteiger charge is -2.32. The van der Waals surface area contributed by atoms with E-state index >= 15 is 0 Å². The van der Waals surface area contributed by atoms with Gasteiger partial charge in [-0.3, -0.25) is 4.72 Å². The van der Waals surface area contributed by atoms with Crippen molar-refractivity contribution >= 4 is 11.9 Å². The van der Waals surface area contributed by atoms with Crippen LogP contribution in [0.3, 0.4) is 0 Å². The molecule has 0 aliphatic carbocycles. The lowest BCUT2D eigenvalue weighted by Crippen LogP contribution is -2.35. The molecule has 0 aromatic heterocycles. The van der Waals surface area contributed by atoms with Gasteiger partial charge in [0.25, 0.3) is 0 Å². The summed E-state index contributed by atoms with van der Waals surface area (Å²) in [7, 11) is 0. The van der Waals surface area contributed by atoms with Crippen LogP contribution in [0.15, 0.2) is 0 Å². The Labute approximate surface area is 88.2 Å². The van der Waals surface area contributed by atoms with Gasteiger partial charge >= 0.3 is 0 Å². The van der Waals surface area contributed by atoms with Gasteiger partial charge < -0.3 is 0 Å². The van der Waals surface area contributed by atoms with Gasteiger partial charge in [-0.15, -0.1) is 0 Å². The van der Waals surface area contributed by atoms with Crippen LogP contribution in [0.4, 0.5) is 0 Å². The Balaban J connectivity index is 4.02. The summed E-state index contributed by atoms with van der Waals surface area (Å²) in [6, 6.07) is 0. The number of hydrogen-bond donors (Lipinski definition) is 1. The van der Waals surface area contributed by atoms with E-state index in [0.29, 0.717) is 10.7 Å². The molecule has 0 spiro atoms. The number of hydrogen-bond acceptors (Lipinski definition) is 2. The molecule has 13 heavy (non-hydrogen) atoms. The molecule has 0 aliphatic heterocycles. The highest BCUT2D eigenvalue weighted by atomic mass is 32.2. The average Bonchev–Trinajstić information content (AvgIpc) is 1.82. The van der Waals surface area contributed by atoms with E-state index in [-0.39, 0.29) is 5.54 Å². The molecule has 0 heterocycles. The second kappa shape index (κ2) is 4.70. The van der Waals surface area contributed by atoms with Gasteiger partial charge in [-0.25, -0.2) is 0 Å². The van der Waals surface area contributed by atoms with Crippen LogP contribution in [0.1, 0.15) is 54.9 Å². The smallest absolute Gasteiger partial charge is 0.0239 e. The minimum atomic E-state index is 0.212. The van der Waals surface area contributed by atoms with Crippen molar-refractivity contribution in [1.82, 2.24) is 4.72 Å². The predicted molar refractivity (Wildman–Crippen MR) is 64.0 cm³/mol. The maximum absolute atomic E-state index is 3.50. The summed E-state index contributed by atoms with van der Waals surface area (Å²) in [5.74, 6) is 0. The largest absolute Gasteiger partial charge is 0.259 e. The predicted octanol–water partition coefficient (Wildman–Crippen LogP) is 3.85. The van der Waals surface area contributed by atoms with Gasteiger partial charge in [0.1, 0.15) is 0 Å². The molecule has 1 unspecified atom stereocenters. The van der Waals surface area contributed by atoms with Crippen LogP contribution in [-0.4, -0.2) is 10.8 Å². The quantitative estimate of drug-likeness (QED) is 0.699. The van der Waals surface area contributed by atoms with E-state index in [4.69, 9.17) is 0 Å². The summed E-state index contributed by atoms with van der Waals surface area (Å²) in [6.07, 6.45) is 1.22. The Morgan fingerprint density at radius 1 is 1.08 bits per heavy atom. The first kappa shape index (κ1) is 13.3. The molecular weight excluding hydrogens is 178 g/mol. The molecule has 80 valence electrons. The van der Waals surface area contributed by atoms with Gasteiger partial charge in [0.2, 0.25) is 0 Å². The maximum atomic E-state index is 3.50. The Hall–Kier alpha value is 0.310. The van der Waals surface area contributed by atoms with Crippen LogP contribution in [-0.2, 0) is 0 Å². The third-order valence-electron chi connectivity index (χ3n) is 1.84. The highest BCUT2D eigenvalue weighted by Gasteiger charge is 2.24. The number of nitrogens with one attached hydrogen (secondary N) is 1. The van der Waals surface area contributed by atoms with Crippen molar-refractivity contribution in [2.45, 2.75) is 65.7 Å². The molecule has 0 rings (SSSR count). The molecule has 0 amide bonds. The molecule has 0 saturated heterocycles. The third-order valence-corrected chi connectivity index (χ3v) is 3.90. The second-order valence-corrected chi connectivity index (χ2v) is 6.74. The second-order valence-electron chi connectivity index (χ2n) is 5.73. The Morgan fingerprint density at radius 2 is 1.54 bits per heavy atom. The standard InChI is InChI=1S/C11H25NS/c1-8-9(10(2,3)4)13-12-11(5,6)7/h9,12H,8H2,1-7H3. The van der Waals surface area contributed by atoms with E-state index < -0.39 is 0 Å². The van der Waals surface area contributed by atoms with E-state index in [1.54, 1.807) is 0 Å². The molecule has 0 radical (unpaired) electrons. The molecule has 1 nitrogen and oxygen atoms in total. The summed E-state index contributed by atoms with van der Waals surface area (Å²) in [4.78, 5) is 0. The van der Waals surface area contributed by atoms with Crippen molar-refractivity contribution < 1.29 is 0 Å². The van der Waals surface area contributed by atoms with Gasteiger partial charge in [0, 0.05) is 10.8 Å². The summed E-state index contributed by atoms with van der Waals surface area (Å²) in [5, 5.41) is 0.687. The first-order chi connectivity index (χ1) is 5.67. The van der Waals surface area contributed by atoms with Crippen molar-refractivity contribution in [3.05, 3.63) is 0 Å². The maximum Gasteiger partial charge on any atom is 0.0239 e. The van der Waals surface area contributed by atoms with Crippen molar-refractivity contribution in [3.63, 3.8) is 0 Å². The fourth-order valence-corrected chi connectivity index (χ4v) is 2.14. The van der Waals surface area contributed by atoms with E-state index in [1.165, 1.54) is 6.42 Å². The lowest BCUT2D eigenvalue weighted by molar-refractivity contribution is 0.384. The monoisotopic (exact) mass is 203 g/mol. The van der Waals surface area contributed by atoms with Gasteiger partial charge in [0.15, 0.2) is 0 Å². The molecule has 2 heteroatoms. The van der Waals surface area contributed by atoms with Crippen LogP contribution in [0.2, 0.25) is 0 Å². The zero-order valence-corrected chi connectivity index (χ0v) is 11.0. The van der Waals surface area contributed by atoms with Gasteiger partial charge in [-0.2, -0.15) is 0 Å². The SMILES string of the molecule is CCC(SNC(C)(C)C)C(C)(C)C. The molecule has 1 atom stereocenters. The first-order valence-corrected chi connectivity index (χ1v) is 5.97. The van der Waals surface area contributed by atoms with Crippen molar-refractivity contribution in [2.75, 3.05) is 0 Å². The van der Waals surface area contributed by atoms with Crippen LogP contribution < -0.4 is 4.72 Å². The fourth-order valence-electron chi connectivity index (χ4n) is 1.12. The summed E-state index contributed by atoms with van der Waals surface area (Å²) in [6.45, 7) is 15.8. The van der Waals surface area contributed by atoms with Crippen LogP contribution in [0.5, 0.6) is 0 Å². The van der Waals surface area contributed by atoms with Gasteiger partial charge in [-0.05, 0) is 32.6 Å². The van der Waals surface area contributed by atoms with Crippen LogP contribution in [0.25, 0.3) is 0 Å². The lowest BCUT2D eigenvalue weighted by atomic mass is 9.90. The molecule has 0 fully saturated rings. The summed E-state index contributed by atoms with van der Waals surface area (Å²) >= 11 is 1.89. The fraction of sp³-hybridized carbons (Fsp3) is 1.00. The van der Waals surface area contributed by atoms with E-state index in [9.17, 15) is 0 Å². The molecular formula is C11H25NS. The molecule has 1 N–H and O–H groups in total. The van der Waals surface area contributed by atoms with E-state index in [1.807, 2.05) is 11.9 Å².